The van der Waals surface area contributed by atoms with E-state index in [2.05, 4.69) is 5.32 Å². The molecule has 1 fully saturated rings. The number of rotatable bonds is 6. The normalized spacial score (nSPS) is 15.6. The molecule has 0 spiro atoms. The number of nitrogens with zero attached hydrogens (tertiary/aromatic N) is 1. The van der Waals surface area contributed by atoms with E-state index in [1.807, 2.05) is 4.90 Å². The summed E-state index contributed by atoms with van der Waals surface area (Å²) in [5.41, 5.74) is 0.652. The Kier molecular flexibility index (Phi) is 7.22. The molecule has 0 radical (unpaired) electrons. The maximum atomic E-state index is 13.1. The second-order valence-electron chi connectivity index (χ2n) is 6.51. The van der Waals surface area contributed by atoms with Gasteiger partial charge in [-0.2, -0.15) is 0 Å². The highest BCUT2D eigenvalue weighted by Crippen LogP contribution is 2.21. The lowest BCUT2D eigenvalue weighted by atomic mass is 10.1. The summed E-state index contributed by atoms with van der Waals surface area (Å²) in [5, 5.41) is 2.84. The molecular formula is C19H27FN2O2. The molecule has 0 atom stereocenters. The predicted octanol–water partition coefficient (Wildman–Crippen LogP) is 3.06. The summed E-state index contributed by atoms with van der Waals surface area (Å²) in [6.45, 7) is 2.57. The molecule has 0 saturated heterocycles. The molecule has 2 amide bonds. The first kappa shape index (κ1) is 18.4. The Labute approximate surface area is 143 Å². The Hall–Kier alpha value is -1.91. The highest BCUT2D eigenvalue weighted by molar-refractivity contribution is 5.78. The minimum atomic E-state index is -0.337. The van der Waals surface area contributed by atoms with Crippen molar-refractivity contribution in [3.8, 4) is 0 Å². The maximum Gasteiger partial charge on any atom is 0.224 e. The molecule has 0 heterocycles. The molecule has 1 aromatic rings. The Morgan fingerprint density at radius 1 is 1.21 bits per heavy atom. The van der Waals surface area contributed by atoms with Crippen LogP contribution in [0.2, 0.25) is 0 Å². The van der Waals surface area contributed by atoms with Crippen molar-refractivity contribution in [1.82, 2.24) is 10.2 Å². The second kappa shape index (κ2) is 9.40. The van der Waals surface area contributed by atoms with Crippen LogP contribution in [0.25, 0.3) is 0 Å². The molecule has 132 valence electrons. The van der Waals surface area contributed by atoms with Crippen molar-refractivity contribution >= 4 is 11.8 Å². The third-order valence-corrected chi connectivity index (χ3v) is 4.60. The van der Waals surface area contributed by atoms with Crippen LogP contribution in [-0.2, 0) is 16.0 Å². The standard InChI is InChI=1S/C19H27FN2O2/c1-15(23)22(18-9-4-2-3-5-10-18)12-11-21-19(24)14-16-7-6-8-17(20)13-16/h6-8,13,18H,2-5,9-12,14H2,1H3,(H,21,24). The van der Waals surface area contributed by atoms with Crippen molar-refractivity contribution in [3.05, 3.63) is 35.6 Å². The number of halogens is 1. The molecule has 1 saturated carbocycles. The van der Waals surface area contributed by atoms with Gasteiger partial charge in [0.05, 0.1) is 6.42 Å². The zero-order chi connectivity index (χ0) is 17.4. The van der Waals surface area contributed by atoms with E-state index in [0.717, 1.165) is 12.8 Å². The monoisotopic (exact) mass is 334 g/mol. The number of nitrogens with one attached hydrogen (secondary N) is 1. The van der Waals surface area contributed by atoms with Crippen LogP contribution in [0.3, 0.4) is 0 Å². The number of benzene rings is 1. The van der Waals surface area contributed by atoms with E-state index in [9.17, 15) is 14.0 Å². The third-order valence-electron chi connectivity index (χ3n) is 4.60. The molecule has 1 aliphatic rings. The number of amides is 2. The van der Waals surface area contributed by atoms with Crippen molar-refractivity contribution in [3.63, 3.8) is 0 Å². The van der Waals surface area contributed by atoms with Crippen molar-refractivity contribution < 1.29 is 14.0 Å². The summed E-state index contributed by atoms with van der Waals surface area (Å²) in [6, 6.07) is 6.36. The van der Waals surface area contributed by atoms with Crippen LogP contribution in [0, 0.1) is 5.82 Å². The Balaban J connectivity index is 1.79. The van der Waals surface area contributed by atoms with Crippen LogP contribution >= 0.6 is 0 Å². The van der Waals surface area contributed by atoms with Gasteiger partial charge in [0.25, 0.3) is 0 Å². The van der Waals surface area contributed by atoms with E-state index in [1.165, 1.54) is 37.8 Å². The van der Waals surface area contributed by atoms with E-state index < -0.39 is 0 Å². The molecule has 24 heavy (non-hydrogen) atoms. The van der Waals surface area contributed by atoms with Crippen molar-refractivity contribution in [2.24, 2.45) is 0 Å². The average molecular weight is 334 g/mol. The van der Waals surface area contributed by atoms with Crippen LogP contribution in [-0.4, -0.2) is 35.8 Å². The Morgan fingerprint density at radius 3 is 2.54 bits per heavy atom. The van der Waals surface area contributed by atoms with Gasteiger partial charge in [0, 0.05) is 26.1 Å². The lowest BCUT2D eigenvalue weighted by Crippen LogP contribution is -2.43. The fraction of sp³-hybridized carbons (Fsp3) is 0.579. The van der Waals surface area contributed by atoms with Crippen LogP contribution < -0.4 is 5.32 Å². The van der Waals surface area contributed by atoms with Crippen LogP contribution in [0.5, 0.6) is 0 Å². The van der Waals surface area contributed by atoms with Gasteiger partial charge >= 0.3 is 0 Å². The average Bonchev–Trinajstić information content (AvgIpc) is 2.80. The number of hydrogen-bond acceptors (Lipinski definition) is 2. The van der Waals surface area contributed by atoms with Gasteiger partial charge in [-0.3, -0.25) is 9.59 Å². The molecule has 1 aliphatic carbocycles. The van der Waals surface area contributed by atoms with Crippen LogP contribution in [0.1, 0.15) is 51.0 Å². The summed E-state index contributed by atoms with van der Waals surface area (Å²) >= 11 is 0. The van der Waals surface area contributed by atoms with E-state index in [0.29, 0.717) is 24.7 Å². The smallest absolute Gasteiger partial charge is 0.224 e. The molecule has 2 rings (SSSR count). The summed E-state index contributed by atoms with van der Waals surface area (Å²) < 4.78 is 13.1. The first-order valence-corrected chi connectivity index (χ1v) is 8.84. The SMILES string of the molecule is CC(=O)N(CCNC(=O)Cc1cccc(F)c1)C1CCCCCC1. The molecule has 5 heteroatoms. The molecule has 0 aliphatic heterocycles. The number of hydrogen-bond donors (Lipinski definition) is 1. The quantitative estimate of drug-likeness (QED) is 0.813. The van der Waals surface area contributed by atoms with Crippen LogP contribution in [0.15, 0.2) is 24.3 Å². The number of carbonyl (C=O) groups excluding carboxylic acids is 2. The molecule has 1 N–H and O–H groups in total. The molecular weight excluding hydrogens is 307 g/mol. The summed E-state index contributed by atoms with van der Waals surface area (Å²) in [7, 11) is 0. The van der Waals surface area contributed by atoms with E-state index >= 15 is 0 Å². The van der Waals surface area contributed by atoms with E-state index in [1.54, 1.807) is 19.1 Å². The second-order valence-corrected chi connectivity index (χ2v) is 6.51. The largest absolute Gasteiger partial charge is 0.354 e. The topological polar surface area (TPSA) is 49.4 Å². The van der Waals surface area contributed by atoms with Crippen LogP contribution in [0.4, 0.5) is 4.39 Å². The van der Waals surface area contributed by atoms with Gasteiger partial charge in [-0.25, -0.2) is 4.39 Å². The van der Waals surface area contributed by atoms with Crippen molar-refractivity contribution in [1.29, 1.82) is 0 Å². The third kappa shape index (κ3) is 5.95. The van der Waals surface area contributed by atoms with E-state index in [4.69, 9.17) is 0 Å². The maximum absolute atomic E-state index is 13.1. The highest BCUT2D eigenvalue weighted by Gasteiger charge is 2.21. The van der Waals surface area contributed by atoms with Crippen molar-refractivity contribution in [2.45, 2.75) is 57.9 Å². The molecule has 1 aromatic carbocycles. The predicted molar refractivity (Wildman–Crippen MR) is 92.0 cm³/mol. The van der Waals surface area contributed by atoms with Crippen molar-refractivity contribution in [2.75, 3.05) is 13.1 Å². The minimum absolute atomic E-state index is 0.0706. The summed E-state index contributed by atoms with van der Waals surface area (Å²) in [5.74, 6) is -0.414. The number of carbonyl (C=O) groups is 2. The van der Waals surface area contributed by atoms with Gasteiger partial charge in [-0.1, -0.05) is 37.8 Å². The van der Waals surface area contributed by atoms with Gasteiger partial charge < -0.3 is 10.2 Å². The Morgan fingerprint density at radius 2 is 1.92 bits per heavy atom. The first-order valence-electron chi connectivity index (χ1n) is 8.84. The highest BCUT2D eigenvalue weighted by atomic mass is 19.1. The first-order chi connectivity index (χ1) is 11.6. The molecule has 4 nitrogen and oxygen atoms in total. The lowest BCUT2D eigenvalue weighted by molar-refractivity contribution is -0.132. The molecule has 0 bridgehead atoms. The van der Waals surface area contributed by atoms with Gasteiger partial charge in [0.15, 0.2) is 0 Å². The van der Waals surface area contributed by atoms with Gasteiger partial charge in [0.2, 0.25) is 11.8 Å². The molecule has 0 aromatic heterocycles. The minimum Gasteiger partial charge on any atom is -0.354 e. The summed E-state index contributed by atoms with van der Waals surface area (Å²) in [4.78, 5) is 25.8. The fourth-order valence-corrected chi connectivity index (χ4v) is 3.38. The van der Waals surface area contributed by atoms with Gasteiger partial charge in [-0.05, 0) is 30.5 Å². The zero-order valence-electron chi connectivity index (χ0n) is 14.4. The fourth-order valence-electron chi connectivity index (χ4n) is 3.38. The lowest BCUT2D eigenvalue weighted by Gasteiger charge is -2.30. The van der Waals surface area contributed by atoms with Gasteiger partial charge in [0.1, 0.15) is 5.82 Å². The summed E-state index contributed by atoms with van der Waals surface area (Å²) in [6.07, 6.45) is 7.08. The van der Waals surface area contributed by atoms with Gasteiger partial charge in [-0.15, -0.1) is 0 Å². The zero-order valence-corrected chi connectivity index (χ0v) is 14.4. The Bertz CT molecular complexity index is 554. The van der Waals surface area contributed by atoms with E-state index in [-0.39, 0.29) is 24.1 Å². The molecule has 0 unspecified atom stereocenters.